The van der Waals surface area contributed by atoms with E-state index in [-0.39, 0.29) is 10.7 Å². The number of hydrogen-bond acceptors (Lipinski definition) is 2. The molecule has 0 aliphatic heterocycles. The van der Waals surface area contributed by atoms with Gasteiger partial charge in [-0.05, 0) is 37.3 Å². The Morgan fingerprint density at radius 2 is 2.00 bits per heavy atom. The van der Waals surface area contributed by atoms with Crippen molar-refractivity contribution in [1.29, 1.82) is 0 Å². The molecule has 1 aromatic heterocycles. The van der Waals surface area contributed by atoms with Gasteiger partial charge in [-0.3, -0.25) is 0 Å². The van der Waals surface area contributed by atoms with Gasteiger partial charge >= 0.3 is 0 Å². The molecule has 16 heavy (non-hydrogen) atoms. The molecule has 0 fully saturated rings. The standard InChI is InChI=1S/C11H13ClF2N2/c12-10-7(9(15)11(13)14)5-6-3-1-2-4-8(6)16-10/h5,9,11H,1-4,15H2. The van der Waals surface area contributed by atoms with E-state index in [9.17, 15) is 8.78 Å². The molecule has 2 N–H and O–H groups in total. The Morgan fingerprint density at radius 3 is 2.69 bits per heavy atom. The van der Waals surface area contributed by atoms with Crippen molar-refractivity contribution in [3.05, 3.63) is 28.0 Å². The maximum atomic E-state index is 12.5. The van der Waals surface area contributed by atoms with Gasteiger partial charge in [0.05, 0.1) is 6.04 Å². The fourth-order valence-electron chi connectivity index (χ4n) is 2.00. The van der Waals surface area contributed by atoms with Crippen LogP contribution in [-0.2, 0) is 12.8 Å². The van der Waals surface area contributed by atoms with Gasteiger partial charge in [0, 0.05) is 11.3 Å². The molecule has 2 nitrogen and oxygen atoms in total. The molecular formula is C11H13ClF2N2. The Hall–Kier alpha value is -0.740. The highest BCUT2D eigenvalue weighted by Gasteiger charge is 2.23. The summed E-state index contributed by atoms with van der Waals surface area (Å²) in [7, 11) is 0. The molecule has 1 unspecified atom stereocenters. The van der Waals surface area contributed by atoms with Crippen LogP contribution in [0, 0.1) is 0 Å². The first-order chi connectivity index (χ1) is 7.59. The van der Waals surface area contributed by atoms with Crippen LogP contribution in [0.5, 0.6) is 0 Å². The van der Waals surface area contributed by atoms with E-state index in [0.717, 1.165) is 36.9 Å². The van der Waals surface area contributed by atoms with Crippen molar-refractivity contribution < 1.29 is 8.78 Å². The molecule has 0 radical (unpaired) electrons. The Morgan fingerprint density at radius 1 is 1.31 bits per heavy atom. The molecule has 1 aliphatic carbocycles. The summed E-state index contributed by atoms with van der Waals surface area (Å²) >= 11 is 5.88. The number of nitrogens with zero attached hydrogens (tertiary/aromatic N) is 1. The lowest BCUT2D eigenvalue weighted by Crippen LogP contribution is -2.21. The first-order valence-corrected chi connectivity index (χ1v) is 5.69. The van der Waals surface area contributed by atoms with Gasteiger partial charge in [-0.1, -0.05) is 11.6 Å². The molecule has 0 saturated heterocycles. The smallest absolute Gasteiger partial charge is 0.257 e. The number of aromatic nitrogens is 1. The summed E-state index contributed by atoms with van der Waals surface area (Å²) in [5.41, 5.74) is 7.61. The molecule has 0 aromatic carbocycles. The zero-order valence-electron chi connectivity index (χ0n) is 8.72. The minimum Gasteiger partial charge on any atom is -0.319 e. The second-order valence-electron chi connectivity index (χ2n) is 4.04. The van der Waals surface area contributed by atoms with Crippen molar-refractivity contribution in [3.8, 4) is 0 Å². The van der Waals surface area contributed by atoms with E-state index in [4.69, 9.17) is 17.3 Å². The molecule has 88 valence electrons. The fourth-order valence-corrected chi connectivity index (χ4v) is 2.28. The van der Waals surface area contributed by atoms with Crippen molar-refractivity contribution in [2.24, 2.45) is 5.73 Å². The molecule has 1 atom stereocenters. The summed E-state index contributed by atoms with van der Waals surface area (Å²) in [5, 5.41) is 0.119. The normalized spacial score (nSPS) is 17.3. The van der Waals surface area contributed by atoms with Gasteiger partial charge in [0.25, 0.3) is 6.43 Å². The quantitative estimate of drug-likeness (QED) is 0.815. The van der Waals surface area contributed by atoms with E-state index in [1.165, 1.54) is 0 Å². The number of alkyl halides is 2. The Labute approximate surface area is 97.8 Å². The largest absolute Gasteiger partial charge is 0.319 e. The molecule has 0 amide bonds. The first kappa shape index (κ1) is 11.7. The molecule has 1 aliphatic rings. The number of rotatable bonds is 2. The van der Waals surface area contributed by atoms with Crippen LogP contribution in [0.15, 0.2) is 6.07 Å². The van der Waals surface area contributed by atoms with Crippen molar-refractivity contribution in [2.45, 2.75) is 38.2 Å². The molecular weight excluding hydrogens is 234 g/mol. The minimum atomic E-state index is -2.61. The van der Waals surface area contributed by atoms with E-state index in [0.29, 0.717) is 0 Å². The number of fused-ring (bicyclic) bond motifs is 1. The molecule has 0 bridgehead atoms. The van der Waals surface area contributed by atoms with Crippen LogP contribution < -0.4 is 5.73 Å². The van der Waals surface area contributed by atoms with Gasteiger partial charge in [-0.15, -0.1) is 0 Å². The fraction of sp³-hybridized carbons (Fsp3) is 0.545. The van der Waals surface area contributed by atoms with Crippen LogP contribution in [0.4, 0.5) is 8.78 Å². The average molecular weight is 247 g/mol. The zero-order valence-corrected chi connectivity index (χ0v) is 9.47. The lowest BCUT2D eigenvalue weighted by Gasteiger charge is -2.19. The Kier molecular flexibility index (Phi) is 3.40. The third kappa shape index (κ3) is 2.18. The van der Waals surface area contributed by atoms with Crippen LogP contribution in [-0.4, -0.2) is 11.4 Å². The van der Waals surface area contributed by atoms with Crippen LogP contribution in [0.1, 0.15) is 35.7 Å². The first-order valence-electron chi connectivity index (χ1n) is 5.31. The van der Waals surface area contributed by atoms with Crippen molar-refractivity contribution in [3.63, 3.8) is 0 Å². The molecule has 2 rings (SSSR count). The van der Waals surface area contributed by atoms with Crippen LogP contribution in [0.25, 0.3) is 0 Å². The van der Waals surface area contributed by atoms with Crippen molar-refractivity contribution in [2.75, 3.05) is 0 Å². The van der Waals surface area contributed by atoms with E-state index in [1.54, 1.807) is 6.07 Å². The molecule has 5 heteroatoms. The van der Waals surface area contributed by atoms with Gasteiger partial charge in [0.1, 0.15) is 5.15 Å². The summed E-state index contributed by atoms with van der Waals surface area (Å²) in [5.74, 6) is 0. The van der Waals surface area contributed by atoms with Crippen molar-refractivity contribution >= 4 is 11.6 Å². The summed E-state index contributed by atoms with van der Waals surface area (Å²) in [6, 6.07) is 0.355. The Bertz CT molecular complexity index is 396. The van der Waals surface area contributed by atoms with E-state index >= 15 is 0 Å². The number of halogens is 3. The van der Waals surface area contributed by atoms with E-state index < -0.39 is 12.5 Å². The van der Waals surface area contributed by atoms with Crippen LogP contribution in [0.2, 0.25) is 5.15 Å². The third-order valence-electron chi connectivity index (χ3n) is 2.91. The highest BCUT2D eigenvalue weighted by molar-refractivity contribution is 6.30. The van der Waals surface area contributed by atoms with Gasteiger partial charge in [0.15, 0.2) is 0 Å². The lowest BCUT2D eigenvalue weighted by molar-refractivity contribution is 0.116. The predicted molar refractivity (Wildman–Crippen MR) is 58.8 cm³/mol. The zero-order chi connectivity index (χ0) is 11.7. The monoisotopic (exact) mass is 246 g/mol. The third-order valence-corrected chi connectivity index (χ3v) is 3.21. The average Bonchev–Trinajstić information content (AvgIpc) is 2.27. The highest BCUT2D eigenvalue weighted by atomic mass is 35.5. The Balaban J connectivity index is 2.39. The summed E-state index contributed by atoms with van der Waals surface area (Å²) in [4.78, 5) is 4.17. The topological polar surface area (TPSA) is 38.9 Å². The van der Waals surface area contributed by atoms with E-state index in [2.05, 4.69) is 4.98 Å². The van der Waals surface area contributed by atoms with Crippen LogP contribution >= 0.6 is 11.6 Å². The van der Waals surface area contributed by atoms with Gasteiger partial charge in [0.2, 0.25) is 0 Å². The SMILES string of the molecule is NC(c1cc2c(nc1Cl)CCCC2)C(F)F. The second-order valence-corrected chi connectivity index (χ2v) is 4.40. The lowest BCUT2D eigenvalue weighted by atomic mass is 9.94. The number of nitrogens with two attached hydrogens (primary N) is 1. The number of hydrogen-bond donors (Lipinski definition) is 1. The maximum absolute atomic E-state index is 12.5. The minimum absolute atomic E-state index is 0.119. The van der Waals surface area contributed by atoms with Gasteiger partial charge in [-0.25, -0.2) is 13.8 Å². The van der Waals surface area contributed by atoms with Crippen LogP contribution in [0.3, 0.4) is 0 Å². The van der Waals surface area contributed by atoms with Gasteiger partial charge < -0.3 is 5.73 Å². The second kappa shape index (κ2) is 4.63. The summed E-state index contributed by atoms with van der Waals surface area (Å²) in [6.07, 6.45) is 1.29. The van der Waals surface area contributed by atoms with E-state index in [1.807, 2.05) is 0 Å². The summed E-state index contributed by atoms with van der Waals surface area (Å²) < 4.78 is 25.0. The van der Waals surface area contributed by atoms with Crippen molar-refractivity contribution in [1.82, 2.24) is 4.98 Å². The maximum Gasteiger partial charge on any atom is 0.257 e. The summed E-state index contributed by atoms with van der Waals surface area (Å²) in [6.45, 7) is 0. The molecule has 1 aromatic rings. The molecule has 0 spiro atoms. The molecule has 1 heterocycles. The highest BCUT2D eigenvalue weighted by Crippen LogP contribution is 2.29. The predicted octanol–water partition coefficient (Wildman–Crippen LogP) is 2.88. The number of aryl methyl sites for hydroxylation is 2. The van der Waals surface area contributed by atoms with Gasteiger partial charge in [-0.2, -0.15) is 0 Å². The number of pyridine rings is 1. The molecule has 0 saturated carbocycles.